The summed E-state index contributed by atoms with van der Waals surface area (Å²) in [5.41, 5.74) is -5.04. The van der Waals surface area contributed by atoms with Gasteiger partial charge in [0.2, 0.25) is 11.8 Å². The molecule has 1 aromatic rings. The van der Waals surface area contributed by atoms with Crippen LogP contribution in [0.2, 0.25) is 0 Å². The molecule has 3 amide bonds. The predicted molar refractivity (Wildman–Crippen MR) is 82.3 cm³/mol. The topological polar surface area (TPSA) is 110 Å². The van der Waals surface area contributed by atoms with E-state index in [0.717, 1.165) is 0 Å². The number of benzene rings is 1. The van der Waals surface area contributed by atoms with Gasteiger partial charge in [0.25, 0.3) is 5.91 Å². The van der Waals surface area contributed by atoms with Crippen molar-refractivity contribution in [3.05, 3.63) is 34.9 Å². The van der Waals surface area contributed by atoms with Gasteiger partial charge in [0.15, 0.2) is 0 Å². The minimum absolute atomic E-state index is 0.0519. The molecule has 2 aliphatic heterocycles. The van der Waals surface area contributed by atoms with Crippen molar-refractivity contribution >= 4 is 27.8 Å². The zero-order valence-corrected chi connectivity index (χ0v) is 14.4. The molecule has 27 heavy (non-hydrogen) atoms. The van der Waals surface area contributed by atoms with Crippen LogP contribution >= 0.6 is 0 Å². The molecule has 1 saturated heterocycles. The number of hydrogen-bond acceptors (Lipinski definition) is 6. The fraction of sp³-hybridized carbons (Fsp3) is 0.400. The summed E-state index contributed by atoms with van der Waals surface area (Å²) in [4.78, 5) is 37.0. The highest BCUT2D eigenvalue weighted by atomic mass is 32.2. The zero-order chi connectivity index (χ0) is 20.0. The van der Waals surface area contributed by atoms with Gasteiger partial charge in [-0.15, -0.1) is 0 Å². The Morgan fingerprint density at radius 2 is 1.93 bits per heavy atom. The van der Waals surface area contributed by atoms with Gasteiger partial charge >= 0.3 is 15.6 Å². The lowest BCUT2D eigenvalue weighted by molar-refractivity contribution is -0.136. The summed E-state index contributed by atoms with van der Waals surface area (Å²) >= 11 is 0. The van der Waals surface area contributed by atoms with Gasteiger partial charge in [0, 0.05) is 18.5 Å². The molecule has 1 N–H and O–H groups in total. The van der Waals surface area contributed by atoms with Crippen LogP contribution in [0.15, 0.2) is 18.2 Å². The second kappa shape index (κ2) is 6.60. The number of fused-ring (bicyclic) bond motifs is 1. The smallest absolute Gasteiger partial charge is 0.322 e. The van der Waals surface area contributed by atoms with Crippen molar-refractivity contribution in [3.63, 3.8) is 0 Å². The standard InChI is InChI=1S/C15H13F3N2O6S/c16-15(17,18)27(24,25)26-7-8-2-1-3-9-10(8)6-20(14(9)23)11-4-5-12(21)19-13(11)22/h1-3,11H,4-7H2,(H,19,21,22). The van der Waals surface area contributed by atoms with Crippen LogP contribution in [0.5, 0.6) is 0 Å². The highest BCUT2D eigenvalue weighted by molar-refractivity contribution is 7.87. The minimum Gasteiger partial charge on any atom is -0.322 e. The predicted octanol–water partition coefficient (Wildman–Crippen LogP) is 0.814. The average molecular weight is 406 g/mol. The zero-order valence-electron chi connectivity index (χ0n) is 13.6. The molecule has 8 nitrogen and oxygen atoms in total. The van der Waals surface area contributed by atoms with Crippen molar-refractivity contribution in [3.8, 4) is 0 Å². The lowest BCUT2D eigenvalue weighted by atomic mass is 10.0. The molecule has 146 valence electrons. The fourth-order valence-electron chi connectivity index (χ4n) is 2.99. The molecule has 1 unspecified atom stereocenters. The van der Waals surface area contributed by atoms with Crippen LogP contribution in [0.25, 0.3) is 0 Å². The third-order valence-corrected chi connectivity index (χ3v) is 5.33. The van der Waals surface area contributed by atoms with Crippen LogP contribution in [0.1, 0.15) is 34.3 Å². The van der Waals surface area contributed by atoms with Gasteiger partial charge < -0.3 is 4.90 Å². The summed E-state index contributed by atoms with van der Waals surface area (Å²) in [6.45, 7) is -1.01. The van der Waals surface area contributed by atoms with Crippen molar-refractivity contribution in [1.82, 2.24) is 10.2 Å². The Kier molecular flexibility index (Phi) is 4.72. The summed E-state index contributed by atoms with van der Waals surface area (Å²) in [6, 6.07) is 3.25. The quantitative estimate of drug-likeness (QED) is 0.450. The third kappa shape index (κ3) is 3.54. The van der Waals surface area contributed by atoms with E-state index in [4.69, 9.17) is 0 Å². The average Bonchev–Trinajstić information content (AvgIpc) is 2.89. The fourth-order valence-corrected chi connectivity index (χ4v) is 3.41. The molecule has 0 saturated carbocycles. The molecule has 1 fully saturated rings. The van der Waals surface area contributed by atoms with Gasteiger partial charge in [-0.3, -0.25) is 23.9 Å². The summed E-state index contributed by atoms with van der Waals surface area (Å²) in [7, 11) is -5.78. The highest BCUT2D eigenvalue weighted by Gasteiger charge is 2.47. The van der Waals surface area contributed by atoms with E-state index in [2.05, 4.69) is 9.50 Å². The number of carbonyl (C=O) groups excluding carboxylic acids is 3. The number of piperidine rings is 1. The van der Waals surface area contributed by atoms with E-state index < -0.39 is 46.0 Å². The highest BCUT2D eigenvalue weighted by Crippen LogP contribution is 2.31. The Hall–Kier alpha value is -2.47. The van der Waals surface area contributed by atoms with Crippen LogP contribution in [-0.4, -0.2) is 42.6 Å². The number of carbonyl (C=O) groups is 3. The largest absolute Gasteiger partial charge is 0.523 e. The summed E-state index contributed by atoms with van der Waals surface area (Å²) in [6.07, 6.45) is 0.176. The molecule has 0 aromatic heterocycles. The number of imide groups is 1. The first kappa shape index (κ1) is 19.3. The Balaban J connectivity index is 1.82. The van der Waals surface area contributed by atoms with Crippen LogP contribution in [-0.2, 0) is 37.0 Å². The normalized spacial score (nSPS) is 20.6. The van der Waals surface area contributed by atoms with Crippen molar-refractivity contribution < 1.29 is 40.2 Å². The van der Waals surface area contributed by atoms with E-state index in [-0.39, 0.29) is 36.1 Å². The van der Waals surface area contributed by atoms with E-state index in [0.29, 0.717) is 0 Å². The number of nitrogens with one attached hydrogen (secondary N) is 1. The molecule has 0 spiro atoms. The minimum atomic E-state index is -5.78. The second-order valence-electron chi connectivity index (χ2n) is 6.01. The van der Waals surface area contributed by atoms with Crippen LogP contribution in [0.3, 0.4) is 0 Å². The van der Waals surface area contributed by atoms with Gasteiger partial charge in [-0.1, -0.05) is 12.1 Å². The number of alkyl halides is 3. The first-order valence-electron chi connectivity index (χ1n) is 7.72. The second-order valence-corrected chi connectivity index (χ2v) is 7.61. The molecule has 0 aliphatic carbocycles. The molecule has 2 aliphatic rings. The Bertz CT molecular complexity index is 928. The summed E-state index contributed by atoms with van der Waals surface area (Å²) in [5, 5.41) is 2.13. The molecular formula is C15H13F3N2O6S. The van der Waals surface area contributed by atoms with Gasteiger partial charge in [-0.25, -0.2) is 0 Å². The molecule has 12 heteroatoms. The molecule has 2 heterocycles. The van der Waals surface area contributed by atoms with Gasteiger partial charge in [-0.05, 0) is 23.6 Å². The van der Waals surface area contributed by atoms with Gasteiger partial charge in [0.1, 0.15) is 6.04 Å². The molecule has 0 radical (unpaired) electrons. The number of halogens is 3. The first-order chi connectivity index (χ1) is 12.5. The molecule has 0 bridgehead atoms. The Morgan fingerprint density at radius 1 is 1.22 bits per heavy atom. The lowest BCUT2D eigenvalue weighted by Crippen LogP contribution is -2.52. The Morgan fingerprint density at radius 3 is 2.56 bits per heavy atom. The van der Waals surface area contributed by atoms with Gasteiger partial charge in [0.05, 0.1) is 6.61 Å². The monoisotopic (exact) mass is 406 g/mol. The van der Waals surface area contributed by atoms with Crippen LogP contribution in [0, 0.1) is 0 Å². The van der Waals surface area contributed by atoms with Crippen LogP contribution in [0.4, 0.5) is 13.2 Å². The number of nitrogens with zero attached hydrogens (tertiary/aromatic N) is 1. The number of hydrogen-bond donors (Lipinski definition) is 1. The number of rotatable bonds is 4. The van der Waals surface area contributed by atoms with E-state index in [1.807, 2.05) is 0 Å². The SMILES string of the molecule is O=C1CCC(N2Cc3c(COS(=O)(=O)C(F)(F)F)cccc3C2=O)C(=O)N1. The third-order valence-electron chi connectivity index (χ3n) is 4.33. The van der Waals surface area contributed by atoms with E-state index in [1.54, 1.807) is 0 Å². The van der Waals surface area contributed by atoms with Crippen molar-refractivity contribution in [2.45, 2.75) is 37.5 Å². The molecule has 1 aromatic carbocycles. The van der Waals surface area contributed by atoms with Gasteiger partial charge in [-0.2, -0.15) is 21.6 Å². The number of amides is 3. The van der Waals surface area contributed by atoms with Crippen LogP contribution < -0.4 is 5.32 Å². The van der Waals surface area contributed by atoms with Crippen molar-refractivity contribution in [2.75, 3.05) is 0 Å². The Labute approximate surface area is 151 Å². The maximum absolute atomic E-state index is 12.6. The molecular weight excluding hydrogens is 393 g/mol. The van der Waals surface area contributed by atoms with E-state index in [9.17, 15) is 36.0 Å². The van der Waals surface area contributed by atoms with Crippen molar-refractivity contribution in [1.29, 1.82) is 0 Å². The van der Waals surface area contributed by atoms with E-state index in [1.165, 1.54) is 23.1 Å². The molecule has 1 atom stereocenters. The van der Waals surface area contributed by atoms with E-state index >= 15 is 0 Å². The lowest BCUT2D eigenvalue weighted by Gasteiger charge is -2.29. The summed E-state index contributed by atoms with van der Waals surface area (Å²) in [5.74, 6) is -1.61. The summed E-state index contributed by atoms with van der Waals surface area (Å²) < 4.78 is 63.4. The van der Waals surface area contributed by atoms with Crippen molar-refractivity contribution in [2.24, 2.45) is 0 Å². The molecule has 3 rings (SSSR count). The maximum atomic E-state index is 12.6. The first-order valence-corrected chi connectivity index (χ1v) is 9.13. The maximum Gasteiger partial charge on any atom is 0.523 e.